The van der Waals surface area contributed by atoms with Crippen molar-refractivity contribution in [3.63, 3.8) is 0 Å². The second kappa shape index (κ2) is 4.10. The van der Waals surface area contributed by atoms with Crippen molar-refractivity contribution in [1.82, 2.24) is 9.80 Å². The smallest absolute Gasteiger partial charge is 0.229 e. The van der Waals surface area contributed by atoms with Crippen LogP contribution in [0.3, 0.4) is 0 Å². The van der Waals surface area contributed by atoms with Gasteiger partial charge in [-0.05, 0) is 6.92 Å². The third-order valence-electron chi connectivity index (χ3n) is 3.12. The number of nitrogens with zero attached hydrogens (tertiary/aromatic N) is 2. The van der Waals surface area contributed by atoms with Gasteiger partial charge in [-0.1, -0.05) is 0 Å². The molecule has 6 nitrogen and oxygen atoms in total. The van der Waals surface area contributed by atoms with Gasteiger partial charge in [0, 0.05) is 25.8 Å². The zero-order chi connectivity index (χ0) is 12.6. The average molecular weight is 240 g/mol. The van der Waals surface area contributed by atoms with Crippen molar-refractivity contribution in [3.8, 4) is 0 Å². The number of β-amino-alcohol motifs (C(OH)–C–C–N with tert-alkyl or cyclic N) is 1. The Kier molecular flexibility index (Phi) is 2.91. The molecule has 3 amide bonds. The van der Waals surface area contributed by atoms with E-state index in [2.05, 4.69) is 0 Å². The predicted molar refractivity (Wildman–Crippen MR) is 57.8 cm³/mol. The van der Waals surface area contributed by atoms with E-state index in [1.54, 1.807) is 6.92 Å². The van der Waals surface area contributed by atoms with E-state index >= 15 is 0 Å². The van der Waals surface area contributed by atoms with E-state index < -0.39 is 5.60 Å². The van der Waals surface area contributed by atoms with Crippen LogP contribution in [0.2, 0.25) is 0 Å². The van der Waals surface area contributed by atoms with Crippen molar-refractivity contribution in [2.45, 2.75) is 31.8 Å². The van der Waals surface area contributed by atoms with Crippen molar-refractivity contribution >= 4 is 17.7 Å². The third kappa shape index (κ3) is 2.46. The molecule has 17 heavy (non-hydrogen) atoms. The summed E-state index contributed by atoms with van der Waals surface area (Å²) in [6.07, 6.45) is 0.657. The first-order valence-electron chi connectivity index (χ1n) is 5.72. The number of aliphatic hydroxyl groups is 1. The number of rotatable bonds is 3. The maximum atomic E-state index is 11.6. The van der Waals surface area contributed by atoms with Gasteiger partial charge in [-0.25, -0.2) is 0 Å². The minimum atomic E-state index is -0.783. The van der Waals surface area contributed by atoms with Gasteiger partial charge in [0.05, 0.1) is 18.7 Å². The molecule has 0 aromatic carbocycles. The first-order chi connectivity index (χ1) is 7.89. The highest BCUT2D eigenvalue weighted by Crippen LogP contribution is 2.21. The minimum Gasteiger partial charge on any atom is -0.386 e. The maximum absolute atomic E-state index is 11.6. The lowest BCUT2D eigenvalue weighted by Gasteiger charge is -2.44. The van der Waals surface area contributed by atoms with Gasteiger partial charge in [0.25, 0.3) is 0 Å². The maximum Gasteiger partial charge on any atom is 0.229 e. The fourth-order valence-electron chi connectivity index (χ4n) is 2.19. The molecular weight excluding hydrogens is 224 g/mol. The summed E-state index contributed by atoms with van der Waals surface area (Å²) in [5.74, 6) is -0.513. The Morgan fingerprint density at radius 1 is 1.29 bits per heavy atom. The van der Waals surface area contributed by atoms with Crippen LogP contribution in [0.4, 0.5) is 0 Å². The Morgan fingerprint density at radius 2 is 1.82 bits per heavy atom. The number of likely N-dealkylation sites (tertiary alicyclic amines) is 2. The number of imide groups is 1. The molecule has 0 aromatic heterocycles. The molecule has 2 heterocycles. The topological polar surface area (TPSA) is 77.9 Å². The summed E-state index contributed by atoms with van der Waals surface area (Å²) in [4.78, 5) is 36.9. The van der Waals surface area contributed by atoms with Crippen molar-refractivity contribution < 1.29 is 19.5 Å². The molecule has 0 bridgehead atoms. The van der Waals surface area contributed by atoms with Gasteiger partial charge in [-0.15, -0.1) is 0 Å². The molecule has 1 N–H and O–H groups in total. The summed E-state index contributed by atoms with van der Waals surface area (Å²) in [5.41, 5.74) is -0.783. The van der Waals surface area contributed by atoms with Crippen molar-refractivity contribution in [2.24, 2.45) is 0 Å². The number of amides is 3. The van der Waals surface area contributed by atoms with E-state index in [9.17, 15) is 19.5 Å². The summed E-state index contributed by atoms with van der Waals surface area (Å²) in [6.45, 7) is 2.49. The zero-order valence-corrected chi connectivity index (χ0v) is 9.81. The largest absolute Gasteiger partial charge is 0.386 e. The lowest BCUT2D eigenvalue weighted by atomic mass is 9.96. The molecule has 0 aromatic rings. The van der Waals surface area contributed by atoms with E-state index in [0.717, 1.165) is 4.90 Å². The third-order valence-corrected chi connectivity index (χ3v) is 3.12. The van der Waals surface area contributed by atoms with E-state index in [4.69, 9.17) is 0 Å². The van der Waals surface area contributed by atoms with E-state index in [1.165, 1.54) is 4.90 Å². The molecule has 6 heteroatoms. The summed E-state index contributed by atoms with van der Waals surface area (Å²) < 4.78 is 0. The second-order valence-corrected chi connectivity index (χ2v) is 4.94. The quantitative estimate of drug-likeness (QED) is 0.650. The molecule has 2 saturated heterocycles. The average Bonchev–Trinajstić information content (AvgIpc) is 2.52. The SMILES string of the molecule is CC1(O)CN(C(=O)CCN2C(=O)CCC2=O)C1. The van der Waals surface area contributed by atoms with Crippen LogP contribution in [-0.2, 0) is 14.4 Å². The first-order valence-corrected chi connectivity index (χ1v) is 5.72. The molecule has 0 atom stereocenters. The molecule has 2 aliphatic rings. The van der Waals surface area contributed by atoms with Crippen LogP contribution in [0, 0.1) is 0 Å². The van der Waals surface area contributed by atoms with Crippen molar-refractivity contribution in [1.29, 1.82) is 0 Å². The van der Waals surface area contributed by atoms with E-state index in [-0.39, 0.29) is 43.5 Å². The van der Waals surface area contributed by atoms with Crippen LogP contribution in [0.1, 0.15) is 26.2 Å². The molecule has 2 rings (SSSR count). The lowest BCUT2D eigenvalue weighted by molar-refractivity contribution is -0.153. The van der Waals surface area contributed by atoms with Gasteiger partial charge in [-0.3, -0.25) is 19.3 Å². The highest BCUT2D eigenvalue weighted by molar-refractivity contribution is 6.02. The second-order valence-electron chi connectivity index (χ2n) is 4.94. The molecular formula is C11H16N2O4. The molecule has 2 fully saturated rings. The molecule has 0 aliphatic carbocycles. The van der Waals surface area contributed by atoms with Gasteiger partial charge >= 0.3 is 0 Å². The highest BCUT2D eigenvalue weighted by Gasteiger charge is 2.39. The van der Waals surface area contributed by atoms with Gasteiger partial charge < -0.3 is 10.0 Å². The number of carbonyl (C=O) groups is 3. The molecule has 0 spiro atoms. The van der Waals surface area contributed by atoms with Gasteiger partial charge in [0.15, 0.2) is 0 Å². The predicted octanol–water partition coefficient (Wildman–Crippen LogP) is -0.881. The Hall–Kier alpha value is -1.43. The number of hydrogen-bond acceptors (Lipinski definition) is 4. The van der Waals surface area contributed by atoms with Crippen LogP contribution >= 0.6 is 0 Å². The number of hydrogen-bond donors (Lipinski definition) is 1. The fourth-order valence-corrected chi connectivity index (χ4v) is 2.19. The van der Waals surface area contributed by atoms with E-state index in [0.29, 0.717) is 13.1 Å². The van der Waals surface area contributed by atoms with Crippen LogP contribution < -0.4 is 0 Å². The lowest BCUT2D eigenvalue weighted by Crippen LogP contribution is -2.61. The molecule has 0 unspecified atom stereocenters. The van der Waals surface area contributed by atoms with Gasteiger partial charge in [-0.2, -0.15) is 0 Å². The Bertz CT molecular complexity index is 354. The van der Waals surface area contributed by atoms with Crippen LogP contribution in [0.15, 0.2) is 0 Å². The van der Waals surface area contributed by atoms with E-state index in [1.807, 2.05) is 0 Å². The van der Waals surface area contributed by atoms with Crippen LogP contribution in [-0.4, -0.2) is 57.9 Å². The zero-order valence-electron chi connectivity index (χ0n) is 9.81. The summed E-state index contributed by atoms with van der Waals surface area (Å²) >= 11 is 0. The molecule has 0 radical (unpaired) electrons. The Morgan fingerprint density at radius 3 is 2.29 bits per heavy atom. The monoisotopic (exact) mass is 240 g/mol. The minimum absolute atomic E-state index is 0.121. The Balaban J connectivity index is 1.77. The summed E-state index contributed by atoms with van der Waals surface area (Å²) in [6, 6.07) is 0. The standard InChI is InChI=1S/C11H16N2O4/c1-11(17)6-12(7-11)8(14)4-5-13-9(15)2-3-10(13)16/h17H,2-7H2,1H3. The van der Waals surface area contributed by atoms with Crippen LogP contribution in [0.5, 0.6) is 0 Å². The van der Waals surface area contributed by atoms with Crippen LogP contribution in [0.25, 0.3) is 0 Å². The van der Waals surface area contributed by atoms with Gasteiger partial charge in [0.1, 0.15) is 0 Å². The van der Waals surface area contributed by atoms with Crippen molar-refractivity contribution in [3.05, 3.63) is 0 Å². The molecule has 94 valence electrons. The molecule has 2 aliphatic heterocycles. The number of carbonyl (C=O) groups excluding carboxylic acids is 3. The summed E-state index contributed by atoms with van der Waals surface area (Å²) in [5, 5.41) is 9.48. The highest BCUT2D eigenvalue weighted by atomic mass is 16.3. The Labute approximate surface area is 99.2 Å². The summed E-state index contributed by atoms with van der Waals surface area (Å²) in [7, 11) is 0. The van der Waals surface area contributed by atoms with Crippen molar-refractivity contribution in [2.75, 3.05) is 19.6 Å². The first kappa shape index (κ1) is 12.0. The fraction of sp³-hybridized carbons (Fsp3) is 0.727. The normalized spacial score (nSPS) is 22.9. The van der Waals surface area contributed by atoms with Gasteiger partial charge in [0.2, 0.25) is 17.7 Å². The molecule has 0 saturated carbocycles.